The van der Waals surface area contributed by atoms with Gasteiger partial charge in [0.2, 0.25) is 0 Å². The summed E-state index contributed by atoms with van der Waals surface area (Å²) in [7, 11) is 1.45. The third-order valence-electron chi connectivity index (χ3n) is 3.23. The molecule has 1 amide bonds. The molecule has 0 aromatic heterocycles. The number of halogens is 2. The van der Waals surface area contributed by atoms with Crippen LogP contribution < -0.4 is 14.8 Å². The number of amides is 1. The summed E-state index contributed by atoms with van der Waals surface area (Å²) < 4.78 is 10.4. The molecule has 0 aliphatic carbocycles. The van der Waals surface area contributed by atoms with E-state index in [0.29, 0.717) is 16.5 Å². The lowest BCUT2D eigenvalue weighted by Gasteiger charge is -2.13. The Bertz CT molecular complexity index is 826. The summed E-state index contributed by atoms with van der Waals surface area (Å²) in [5, 5.41) is 14.3. The maximum atomic E-state index is 12.1. The molecule has 2 rings (SSSR count). The summed E-state index contributed by atoms with van der Waals surface area (Å²) in [6.45, 7) is 1.36. The highest BCUT2D eigenvalue weighted by Gasteiger charge is 2.17. The van der Waals surface area contributed by atoms with Crippen molar-refractivity contribution in [2.45, 2.75) is 6.92 Å². The fourth-order valence-corrected chi connectivity index (χ4v) is 2.33. The summed E-state index contributed by atoms with van der Waals surface area (Å²) in [6.07, 6.45) is 0. The molecule has 0 atom stereocenters. The first kappa shape index (κ1) is 18.8. The van der Waals surface area contributed by atoms with Crippen LogP contribution in [0.3, 0.4) is 0 Å². The summed E-state index contributed by atoms with van der Waals surface area (Å²) in [6, 6.07) is 7.16. The van der Waals surface area contributed by atoms with Crippen LogP contribution in [0.5, 0.6) is 11.5 Å². The van der Waals surface area contributed by atoms with Crippen molar-refractivity contribution in [2.24, 2.45) is 0 Å². The second-order valence-corrected chi connectivity index (χ2v) is 5.85. The summed E-state index contributed by atoms with van der Waals surface area (Å²) in [5.74, 6) is -0.172. The van der Waals surface area contributed by atoms with E-state index in [9.17, 15) is 14.9 Å². The van der Waals surface area contributed by atoms with Crippen molar-refractivity contribution >= 4 is 40.5 Å². The molecule has 0 aliphatic rings. The Kier molecular flexibility index (Phi) is 6.06. The molecule has 2 aromatic rings. The van der Waals surface area contributed by atoms with Gasteiger partial charge in [0, 0.05) is 22.2 Å². The third kappa shape index (κ3) is 4.74. The van der Waals surface area contributed by atoms with Gasteiger partial charge in [0.1, 0.15) is 5.75 Å². The van der Waals surface area contributed by atoms with Gasteiger partial charge in [-0.1, -0.05) is 23.2 Å². The van der Waals surface area contributed by atoms with Crippen LogP contribution >= 0.6 is 23.2 Å². The first-order valence-corrected chi connectivity index (χ1v) is 7.78. The fraction of sp³-hybridized carbons (Fsp3) is 0.188. The van der Waals surface area contributed by atoms with Gasteiger partial charge < -0.3 is 14.8 Å². The second kappa shape index (κ2) is 8.04. The van der Waals surface area contributed by atoms with E-state index in [4.69, 9.17) is 32.7 Å². The number of aryl methyl sites for hydroxylation is 1. The van der Waals surface area contributed by atoms with Crippen LogP contribution in [0, 0.1) is 17.0 Å². The third-order valence-corrected chi connectivity index (χ3v) is 3.87. The minimum Gasteiger partial charge on any atom is -0.495 e. The van der Waals surface area contributed by atoms with E-state index in [-0.39, 0.29) is 16.5 Å². The molecule has 0 bridgehead atoms. The number of carbonyl (C=O) groups is 1. The van der Waals surface area contributed by atoms with Crippen LogP contribution in [0.15, 0.2) is 30.3 Å². The molecule has 0 fully saturated rings. The molecule has 2 aromatic carbocycles. The molecule has 9 heteroatoms. The van der Waals surface area contributed by atoms with E-state index in [1.54, 1.807) is 19.1 Å². The van der Waals surface area contributed by atoms with E-state index >= 15 is 0 Å². The lowest BCUT2D eigenvalue weighted by Crippen LogP contribution is -2.21. The molecule has 0 saturated carbocycles. The zero-order chi connectivity index (χ0) is 18.6. The highest BCUT2D eigenvalue weighted by atomic mass is 35.5. The van der Waals surface area contributed by atoms with E-state index in [1.165, 1.54) is 19.2 Å². The van der Waals surface area contributed by atoms with Crippen LogP contribution in [0.2, 0.25) is 10.0 Å². The number of nitrogens with one attached hydrogen (secondary N) is 1. The zero-order valence-electron chi connectivity index (χ0n) is 13.3. The Balaban J connectivity index is 2.10. The van der Waals surface area contributed by atoms with Gasteiger partial charge in [0.05, 0.1) is 17.7 Å². The van der Waals surface area contributed by atoms with Crippen LogP contribution in [0.1, 0.15) is 5.56 Å². The van der Waals surface area contributed by atoms with E-state index in [0.717, 1.165) is 11.6 Å². The zero-order valence-corrected chi connectivity index (χ0v) is 14.9. The number of carbonyl (C=O) groups excluding carboxylic acids is 1. The average molecular weight is 385 g/mol. The molecule has 0 heterocycles. The molecule has 25 heavy (non-hydrogen) atoms. The average Bonchev–Trinajstić information content (AvgIpc) is 2.56. The highest BCUT2D eigenvalue weighted by Crippen LogP contribution is 2.32. The number of benzene rings is 2. The minimum absolute atomic E-state index is 0.0520. The normalized spacial score (nSPS) is 10.2. The molecular weight excluding hydrogens is 371 g/mol. The monoisotopic (exact) mass is 384 g/mol. The van der Waals surface area contributed by atoms with Gasteiger partial charge in [-0.15, -0.1) is 0 Å². The Morgan fingerprint density at radius 2 is 1.96 bits per heavy atom. The van der Waals surface area contributed by atoms with E-state index in [2.05, 4.69) is 5.32 Å². The number of ether oxygens (including phenoxy) is 2. The smallest absolute Gasteiger partial charge is 0.312 e. The van der Waals surface area contributed by atoms with Crippen LogP contribution in [-0.2, 0) is 4.79 Å². The standard InChI is InChI=1S/C16H14Cl2N2O5/c1-9-5-12(15(24-2)7-11(9)18)19-16(21)8-25-14-4-3-10(17)6-13(14)20(22)23/h3-7H,8H2,1-2H3,(H,19,21). The number of nitro groups is 1. The maximum Gasteiger partial charge on any atom is 0.312 e. The van der Waals surface area contributed by atoms with E-state index < -0.39 is 17.4 Å². The largest absolute Gasteiger partial charge is 0.495 e. The molecule has 0 spiro atoms. The predicted octanol–water partition coefficient (Wildman–Crippen LogP) is 4.24. The van der Waals surface area contributed by atoms with Gasteiger partial charge in [-0.3, -0.25) is 14.9 Å². The predicted molar refractivity (Wildman–Crippen MR) is 95.0 cm³/mol. The van der Waals surface area contributed by atoms with Gasteiger partial charge in [-0.25, -0.2) is 0 Å². The quantitative estimate of drug-likeness (QED) is 0.594. The molecule has 0 saturated heterocycles. The number of hydrogen-bond donors (Lipinski definition) is 1. The van der Waals surface area contributed by atoms with Crippen molar-refractivity contribution in [3.63, 3.8) is 0 Å². The first-order chi connectivity index (χ1) is 11.8. The van der Waals surface area contributed by atoms with Crippen molar-refractivity contribution in [1.82, 2.24) is 0 Å². The molecule has 0 aliphatic heterocycles. The molecule has 132 valence electrons. The van der Waals surface area contributed by atoms with Gasteiger partial charge in [0.15, 0.2) is 12.4 Å². The van der Waals surface area contributed by atoms with Crippen molar-refractivity contribution < 1.29 is 19.2 Å². The van der Waals surface area contributed by atoms with E-state index in [1.807, 2.05) is 0 Å². The Labute approximate surface area is 153 Å². The van der Waals surface area contributed by atoms with Crippen molar-refractivity contribution in [1.29, 1.82) is 0 Å². The number of methoxy groups -OCH3 is 1. The summed E-state index contributed by atoms with van der Waals surface area (Å²) >= 11 is 11.7. The Morgan fingerprint density at radius 1 is 1.24 bits per heavy atom. The fourth-order valence-electron chi connectivity index (χ4n) is 2.01. The number of hydrogen-bond acceptors (Lipinski definition) is 5. The van der Waals surface area contributed by atoms with Crippen LogP contribution in [0.4, 0.5) is 11.4 Å². The number of rotatable bonds is 6. The first-order valence-electron chi connectivity index (χ1n) is 7.02. The SMILES string of the molecule is COc1cc(Cl)c(C)cc1NC(=O)COc1ccc(Cl)cc1[N+](=O)[O-]. The van der Waals surface area contributed by atoms with Crippen molar-refractivity contribution in [3.8, 4) is 11.5 Å². The van der Waals surface area contributed by atoms with Crippen molar-refractivity contribution in [2.75, 3.05) is 19.0 Å². The van der Waals surface area contributed by atoms with Crippen molar-refractivity contribution in [3.05, 3.63) is 56.1 Å². The van der Waals surface area contributed by atoms with Crippen LogP contribution in [-0.4, -0.2) is 24.5 Å². The highest BCUT2D eigenvalue weighted by molar-refractivity contribution is 6.31. The molecule has 0 unspecified atom stereocenters. The minimum atomic E-state index is -0.634. The Morgan fingerprint density at radius 3 is 2.60 bits per heavy atom. The lowest BCUT2D eigenvalue weighted by atomic mass is 10.2. The number of nitrogens with zero attached hydrogens (tertiary/aromatic N) is 1. The summed E-state index contributed by atoms with van der Waals surface area (Å²) in [4.78, 5) is 22.4. The number of anilines is 1. The second-order valence-electron chi connectivity index (χ2n) is 5.01. The molecule has 7 nitrogen and oxygen atoms in total. The van der Waals surface area contributed by atoms with Gasteiger partial charge >= 0.3 is 5.69 Å². The maximum absolute atomic E-state index is 12.1. The lowest BCUT2D eigenvalue weighted by molar-refractivity contribution is -0.385. The van der Waals surface area contributed by atoms with Gasteiger partial charge in [-0.05, 0) is 30.7 Å². The number of nitro benzene ring substituents is 1. The topological polar surface area (TPSA) is 90.7 Å². The summed E-state index contributed by atoms with van der Waals surface area (Å²) in [5.41, 5.74) is 0.857. The Hall–Kier alpha value is -2.51. The molecule has 0 radical (unpaired) electrons. The molecular formula is C16H14Cl2N2O5. The molecule has 1 N–H and O–H groups in total. The van der Waals surface area contributed by atoms with Gasteiger partial charge in [0.25, 0.3) is 5.91 Å². The van der Waals surface area contributed by atoms with Gasteiger partial charge in [-0.2, -0.15) is 0 Å². The van der Waals surface area contributed by atoms with Crippen LogP contribution in [0.25, 0.3) is 0 Å².